The predicted molar refractivity (Wildman–Crippen MR) is 114 cm³/mol. The molecule has 0 saturated carbocycles. The zero-order valence-corrected chi connectivity index (χ0v) is 18.2. The molecule has 7 heteroatoms. The number of allylic oxidation sites excluding steroid dienone is 3. The topological polar surface area (TPSA) is 70.1 Å². The van der Waals surface area contributed by atoms with Crippen molar-refractivity contribution in [3.05, 3.63) is 72.2 Å². The first kappa shape index (κ1) is 18.5. The molecule has 1 atom stereocenters. The Hall–Kier alpha value is -1.88. The molecule has 27 heavy (non-hydrogen) atoms. The second kappa shape index (κ2) is 7.27. The van der Waals surface area contributed by atoms with Crippen LogP contribution in [-0.4, -0.2) is 5.78 Å². The molecule has 2 aliphatic rings. The van der Waals surface area contributed by atoms with Gasteiger partial charge in [0, 0.05) is 42.6 Å². The SMILES string of the molecule is N#CC1=C(N)N(c2ccc(Br)cc2)C2=C(C(=O)CCC2)[C@@H]1c1cc(Br)cs1. The lowest BCUT2D eigenvalue weighted by molar-refractivity contribution is -0.116. The monoisotopic (exact) mass is 503 g/mol. The van der Waals surface area contributed by atoms with Crippen LogP contribution in [0.1, 0.15) is 30.1 Å². The molecule has 0 fully saturated rings. The quantitative estimate of drug-likeness (QED) is 0.579. The highest BCUT2D eigenvalue weighted by Gasteiger charge is 2.40. The molecule has 2 N–H and O–H groups in total. The van der Waals surface area contributed by atoms with Crippen molar-refractivity contribution in [2.45, 2.75) is 25.2 Å². The largest absolute Gasteiger partial charge is 0.384 e. The zero-order valence-electron chi connectivity index (χ0n) is 14.2. The summed E-state index contributed by atoms with van der Waals surface area (Å²) in [5.41, 5.74) is 9.43. The van der Waals surface area contributed by atoms with Crippen LogP contribution in [-0.2, 0) is 4.79 Å². The third kappa shape index (κ3) is 3.16. The summed E-state index contributed by atoms with van der Waals surface area (Å²) in [5, 5.41) is 11.9. The van der Waals surface area contributed by atoms with Crippen molar-refractivity contribution < 1.29 is 4.79 Å². The molecule has 0 saturated heterocycles. The van der Waals surface area contributed by atoms with Crippen LogP contribution in [0.3, 0.4) is 0 Å². The van der Waals surface area contributed by atoms with Crippen molar-refractivity contribution in [1.82, 2.24) is 0 Å². The summed E-state index contributed by atoms with van der Waals surface area (Å²) in [4.78, 5) is 15.8. The van der Waals surface area contributed by atoms with Crippen molar-refractivity contribution in [2.24, 2.45) is 5.73 Å². The van der Waals surface area contributed by atoms with E-state index in [2.05, 4.69) is 37.9 Å². The van der Waals surface area contributed by atoms with E-state index in [1.165, 1.54) is 11.3 Å². The van der Waals surface area contributed by atoms with Gasteiger partial charge < -0.3 is 5.73 Å². The third-order valence-electron chi connectivity index (χ3n) is 4.87. The Labute approximate surface area is 178 Å². The summed E-state index contributed by atoms with van der Waals surface area (Å²) >= 11 is 8.46. The first-order valence-corrected chi connectivity index (χ1v) is 10.9. The van der Waals surface area contributed by atoms with Crippen molar-refractivity contribution in [3.63, 3.8) is 0 Å². The Balaban J connectivity index is 1.96. The summed E-state index contributed by atoms with van der Waals surface area (Å²) in [6.07, 6.45) is 2.06. The van der Waals surface area contributed by atoms with Crippen molar-refractivity contribution >= 4 is 54.7 Å². The minimum absolute atomic E-state index is 0.105. The number of anilines is 1. The van der Waals surface area contributed by atoms with Crippen LogP contribution in [0.5, 0.6) is 0 Å². The molecule has 4 nitrogen and oxygen atoms in total. The van der Waals surface area contributed by atoms with E-state index in [4.69, 9.17) is 5.73 Å². The first-order chi connectivity index (χ1) is 13.0. The fraction of sp³-hybridized carbons (Fsp3) is 0.200. The standard InChI is InChI=1S/C20H15Br2N3OS/c21-11-4-6-13(7-5-11)25-15-2-1-3-16(26)19(15)18(14(9-23)20(25)24)17-8-12(22)10-27-17/h4-8,10,18H,1-3,24H2/t18-/m0/s1. The van der Waals surface area contributed by atoms with E-state index in [1.807, 2.05) is 40.6 Å². The summed E-state index contributed by atoms with van der Waals surface area (Å²) in [6.45, 7) is 0. The van der Waals surface area contributed by atoms with E-state index < -0.39 is 0 Å². The molecule has 0 bridgehead atoms. The summed E-state index contributed by atoms with van der Waals surface area (Å²) in [7, 11) is 0. The molecule has 2 aromatic rings. The first-order valence-electron chi connectivity index (χ1n) is 8.47. The molecule has 0 unspecified atom stereocenters. The number of hydrogen-bond donors (Lipinski definition) is 1. The van der Waals surface area contributed by atoms with Gasteiger partial charge in [0.1, 0.15) is 5.82 Å². The minimum atomic E-state index is -0.388. The number of nitrogens with two attached hydrogens (primary N) is 1. The number of halogens is 2. The predicted octanol–water partition coefficient (Wildman–Crippen LogP) is 5.58. The maximum absolute atomic E-state index is 12.9. The van der Waals surface area contributed by atoms with E-state index in [1.54, 1.807) is 0 Å². The van der Waals surface area contributed by atoms with Gasteiger partial charge in [-0.25, -0.2) is 0 Å². The molecule has 1 aliphatic heterocycles. The van der Waals surface area contributed by atoms with Gasteiger partial charge in [-0.15, -0.1) is 11.3 Å². The third-order valence-corrected chi connectivity index (χ3v) is 7.16. The van der Waals surface area contributed by atoms with Gasteiger partial charge in [-0.05, 0) is 59.1 Å². The number of carbonyl (C=O) groups is 1. The number of Topliss-reactive ketones (excluding diaryl/α,β-unsaturated/α-hetero) is 1. The van der Waals surface area contributed by atoms with Crippen LogP contribution >= 0.6 is 43.2 Å². The lowest BCUT2D eigenvalue weighted by Crippen LogP contribution is -2.38. The summed E-state index contributed by atoms with van der Waals surface area (Å²) in [6, 6.07) is 12.0. The maximum atomic E-state index is 12.9. The fourth-order valence-corrected chi connectivity index (χ4v) is 5.56. The van der Waals surface area contributed by atoms with Crippen LogP contribution in [0.15, 0.2) is 67.3 Å². The molecule has 2 heterocycles. The van der Waals surface area contributed by atoms with Gasteiger partial charge in [0.25, 0.3) is 0 Å². The molecule has 1 aromatic heterocycles. The van der Waals surface area contributed by atoms with Gasteiger partial charge in [0.05, 0.1) is 17.6 Å². The van der Waals surface area contributed by atoms with Crippen LogP contribution in [0.4, 0.5) is 5.69 Å². The number of nitriles is 1. The number of carbonyl (C=O) groups excluding carboxylic acids is 1. The number of nitrogens with zero attached hydrogens (tertiary/aromatic N) is 2. The Kier molecular flexibility index (Phi) is 4.97. The molecule has 0 amide bonds. The van der Waals surface area contributed by atoms with Gasteiger partial charge >= 0.3 is 0 Å². The molecule has 1 aliphatic carbocycles. The second-order valence-electron chi connectivity index (χ2n) is 6.46. The van der Waals surface area contributed by atoms with Gasteiger partial charge in [-0.3, -0.25) is 9.69 Å². The van der Waals surface area contributed by atoms with E-state index in [0.717, 1.165) is 38.0 Å². The van der Waals surface area contributed by atoms with Gasteiger partial charge in [0.2, 0.25) is 0 Å². The number of hydrogen-bond acceptors (Lipinski definition) is 5. The number of benzene rings is 1. The molecule has 4 rings (SSSR count). The van der Waals surface area contributed by atoms with Crippen molar-refractivity contribution in [1.29, 1.82) is 5.26 Å². The lowest BCUT2D eigenvalue weighted by Gasteiger charge is -2.39. The van der Waals surface area contributed by atoms with E-state index in [9.17, 15) is 10.1 Å². The number of ketones is 1. The molecule has 0 spiro atoms. The Morgan fingerprint density at radius 1 is 1.19 bits per heavy atom. The Morgan fingerprint density at radius 3 is 2.56 bits per heavy atom. The smallest absolute Gasteiger partial charge is 0.161 e. The van der Waals surface area contributed by atoms with Gasteiger partial charge in [-0.2, -0.15) is 5.26 Å². The van der Waals surface area contributed by atoms with Crippen LogP contribution in [0, 0.1) is 11.3 Å². The number of thiophene rings is 1. The minimum Gasteiger partial charge on any atom is -0.384 e. The van der Waals surface area contributed by atoms with Gasteiger partial charge in [-0.1, -0.05) is 15.9 Å². The Bertz CT molecular complexity index is 1030. The highest BCUT2D eigenvalue weighted by molar-refractivity contribution is 9.10. The highest BCUT2D eigenvalue weighted by atomic mass is 79.9. The van der Waals surface area contributed by atoms with Crippen LogP contribution in [0.25, 0.3) is 0 Å². The Morgan fingerprint density at radius 2 is 1.93 bits per heavy atom. The lowest BCUT2D eigenvalue weighted by atomic mass is 9.78. The van der Waals surface area contributed by atoms with Crippen LogP contribution < -0.4 is 10.6 Å². The molecule has 136 valence electrons. The summed E-state index contributed by atoms with van der Waals surface area (Å²) in [5.74, 6) is 0.122. The molecular weight excluding hydrogens is 490 g/mol. The number of rotatable bonds is 2. The zero-order chi connectivity index (χ0) is 19.1. The van der Waals surface area contributed by atoms with E-state index in [-0.39, 0.29) is 11.7 Å². The highest BCUT2D eigenvalue weighted by Crippen LogP contribution is 2.47. The molecule has 1 aromatic carbocycles. The van der Waals surface area contributed by atoms with Crippen LogP contribution in [0.2, 0.25) is 0 Å². The second-order valence-corrected chi connectivity index (χ2v) is 9.23. The normalized spacial score (nSPS) is 20.0. The molecule has 0 radical (unpaired) electrons. The van der Waals surface area contributed by atoms with Crippen molar-refractivity contribution in [2.75, 3.05) is 4.90 Å². The average molecular weight is 505 g/mol. The summed E-state index contributed by atoms with van der Waals surface area (Å²) < 4.78 is 1.90. The van der Waals surface area contributed by atoms with Gasteiger partial charge in [0.15, 0.2) is 5.78 Å². The maximum Gasteiger partial charge on any atom is 0.161 e. The van der Waals surface area contributed by atoms with E-state index in [0.29, 0.717) is 23.4 Å². The average Bonchev–Trinajstić information content (AvgIpc) is 3.08. The van der Waals surface area contributed by atoms with E-state index >= 15 is 0 Å². The van der Waals surface area contributed by atoms with Crippen molar-refractivity contribution in [3.8, 4) is 6.07 Å². The molecular formula is C20H15Br2N3OS. The fourth-order valence-electron chi connectivity index (χ4n) is 3.74.